The van der Waals surface area contributed by atoms with Crippen LogP contribution in [0.15, 0.2) is 12.3 Å². The van der Waals surface area contributed by atoms with Crippen molar-refractivity contribution in [1.82, 2.24) is 20.2 Å². The monoisotopic (exact) mass is 244 g/mol. The Morgan fingerprint density at radius 1 is 1.28 bits per heavy atom. The number of nitriles is 1. The Morgan fingerprint density at radius 2 is 2.06 bits per heavy atom. The van der Waals surface area contributed by atoms with Crippen LogP contribution in [0, 0.1) is 11.3 Å². The second kappa shape index (κ2) is 4.88. The first kappa shape index (κ1) is 11.4. The van der Waals surface area contributed by atoms with E-state index in [4.69, 9.17) is 5.26 Å². The van der Waals surface area contributed by atoms with E-state index in [2.05, 4.69) is 31.2 Å². The maximum absolute atomic E-state index is 8.84. The van der Waals surface area contributed by atoms with Gasteiger partial charge in [-0.3, -0.25) is 4.90 Å². The molecule has 1 aromatic rings. The number of hydrogen-bond acceptors (Lipinski definition) is 6. The molecule has 1 N–H and O–H groups in total. The molecule has 1 aromatic heterocycles. The second-order valence-electron chi connectivity index (χ2n) is 4.69. The molecule has 94 valence electrons. The molecule has 2 fully saturated rings. The molecule has 2 saturated heterocycles. The van der Waals surface area contributed by atoms with E-state index in [1.54, 1.807) is 12.3 Å². The van der Waals surface area contributed by atoms with Crippen LogP contribution in [0.5, 0.6) is 0 Å². The Morgan fingerprint density at radius 3 is 2.67 bits per heavy atom. The van der Waals surface area contributed by atoms with Gasteiger partial charge in [0.25, 0.3) is 0 Å². The maximum Gasteiger partial charge on any atom is 0.226 e. The quantitative estimate of drug-likeness (QED) is 0.752. The van der Waals surface area contributed by atoms with Crippen molar-refractivity contribution in [1.29, 1.82) is 5.26 Å². The molecule has 2 aliphatic heterocycles. The Labute approximate surface area is 106 Å². The Hall–Kier alpha value is -1.71. The summed E-state index contributed by atoms with van der Waals surface area (Å²) >= 11 is 0. The van der Waals surface area contributed by atoms with E-state index in [1.165, 1.54) is 0 Å². The summed E-state index contributed by atoms with van der Waals surface area (Å²) in [5.74, 6) is 0.681. The van der Waals surface area contributed by atoms with Crippen LogP contribution in [0.4, 0.5) is 5.95 Å². The normalized spacial score (nSPS) is 21.4. The van der Waals surface area contributed by atoms with E-state index in [-0.39, 0.29) is 0 Å². The molecule has 0 aliphatic carbocycles. The highest BCUT2D eigenvalue weighted by atomic mass is 15.3. The lowest BCUT2D eigenvalue weighted by Gasteiger charge is -2.43. The first-order valence-corrected chi connectivity index (χ1v) is 6.29. The number of aromatic nitrogens is 2. The number of nitrogens with zero attached hydrogens (tertiary/aromatic N) is 5. The highest BCUT2D eigenvalue weighted by Gasteiger charge is 2.28. The van der Waals surface area contributed by atoms with Gasteiger partial charge in [0.05, 0.1) is 0 Å². The van der Waals surface area contributed by atoms with Gasteiger partial charge in [0.15, 0.2) is 0 Å². The van der Waals surface area contributed by atoms with E-state index in [0.29, 0.717) is 17.7 Å². The summed E-state index contributed by atoms with van der Waals surface area (Å²) in [4.78, 5) is 13.2. The lowest BCUT2D eigenvalue weighted by molar-refractivity contribution is 0.137. The van der Waals surface area contributed by atoms with Crippen LogP contribution >= 0.6 is 0 Å². The zero-order valence-electron chi connectivity index (χ0n) is 10.2. The average molecular weight is 244 g/mol. The Kier molecular flexibility index (Phi) is 3.09. The van der Waals surface area contributed by atoms with E-state index in [0.717, 1.165) is 39.3 Å². The molecule has 0 aromatic carbocycles. The van der Waals surface area contributed by atoms with Crippen LogP contribution in [-0.4, -0.2) is 60.2 Å². The fraction of sp³-hybridized carbons (Fsp3) is 0.583. The molecule has 6 heteroatoms. The third-order valence-electron chi connectivity index (χ3n) is 3.63. The van der Waals surface area contributed by atoms with E-state index < -0.39 is 0 Å². The number of piperazine rings is 1. The van der Waals surface area contributed by atoms with Gasteiger partial charge >= 0.3 is 0 Å². The molecular formula is C12H16N6. The van der Waals surface area contributed by atoms with Crippen LogP contribution in [-0.2, 0) is 0 Å². The maximum atomic E-state index is 8.84. The SMILES string of the molecule is N#Cc1ccnc(N2CCN(C3CNC3)CC2)n1. The predicted octanol–water partition coefficient (Wildman–Crippen LogP) is -0.558. The number of hydrogen-bond donors (Lipinski definition) is 1. The van der Waals surface area contributed by atoms with E-state index in [9.17, 15) is 0 Å². The molecule has 0 amide bonds. The summed E-state index contributed by atoms with van der Waals surface area (Å²) in [5, 5.41) is 12.1. The largest absolute Gasteiger partial charge is 0.338 e. The van der Waals surface area contributed by atoms with Crippen molar-refractivity contribution in [2.45, 2.75) is 6.04 Å². The number of rotatable bonds is 2. The molecule has 0 unspecified atom stereocenters. The lowest BCUT2D eigenvalue weighted by Crippen LogP contribution is -2.61. The zero-order chi connectivity index (χ0) is 12.4. The highest BCUT2D eigenvalue weighted by molar-refractivity contribution is 5.34. The minimum Gasteiger partial charge on any atom is -0.338 e. The molecule has 18 heavy (non-hydrogen) atoms. The van der Waals surface area contributed by atoms with Gasteiger partial charge in [-0.05, 0) is 6.07 Å². The molecule has 0 spiro atoms. The summed E-state index contributed by atoms with van der Waals surface area (Å²) in [6.07, 6.45) is 1.66. The van der Waals surface area contributed by atoms with Crippen LogP contribution in [0.3, 0.4) is 0 Å². The third-order valence-corrected chi connectivity index (χ3v) is 3.63. The summed E-state index contributed by atoms with van der Waals surface area (Å²) in [6, 6.07) is 4.40. The van der Waals surface area contributed by atoms with E-state index >= 15 is 0 Å². The standard InChI is InChI=1S/C12H16N6/c13-7-10-1-2-15-12(16-10)18-5-3-17(4-6-18)11-8-14-9-11/h1-2,11,14H,3-6,8-9H2. The van der Waals surface area contributed by atoms with Crippen molar-refractivity contribution in [3.8, 4) is 6.07 Å². The first-order chi connectivity index (χ1) is 8.86. The third kappa shape index (κ3) is 2.15. The highest BCUT2D eigenvalue weighted by Crippen LogP contribution is 2.14. The molecule has 6 nitrogen and oxygen atoms in total. The lowest BCUT2D eigenvalue weighted by atomic mass is 10.1. The van der Waals surface area contributed by atoms with Crippen molar-refractivity contribution in [2.24, 2.45) is 0 Å². The molecule has 0 radical (unpaired) electrons. The average Bonchev–Trinajstić information content (AvgIpc) is 2.38. The zero-order valence-corrected chi connectivity index (χ0v) is 10.2. The fourth-order valence-electron chi connectivity index (χ4n) is 2.38. The van der Waals surface area contributed by atoms with Gasteiger partial charge in [-0.2, -0.15) is 5.26 Å². The van der Waals surface area contributed by atoms with Gasteiger partial charge in [0.2, 0.25) is 5.95 Å². The minimum atomic E-state index is 0.436. The minimum absolute atomic E-state index is 0.436. The second-order valence-corrected chi connectivity index (χ2v) is 4.69. The van der Waals surface area contributed by atoms with Crippen molar-refractivity contribution in [2.75, 3.05) is 44.2 Å². The van der Waals surface area contributed by atoms with Gasteiger partial charge in [-0.25, -0.2) is 9.97 Å². The fourth-order valence-corrected chi connectivity index (χ4v) is 2.38. The van der Waals surface area contributed by atoms with Gasteiger partial charge in [0.1, 0.15) is 11.8 Å². The topological polar surface area (TPSA) is 68.1 Å². The summed E-state index contributed by atoms with van der Waals surface area (Å²) in [6.45, 7) is 6.19. The van der Waals surface area contributed by atoms with Crippen molar-refractivity contribution in [3.05, 3.63) is 18.0 Å². The molecule has 0 bridgehead atoms. The van der Waals surface area contributed by atoms with Crippen LogP contribution in [0.2, 0.25) is 0 Å². The first-order valence-electron chi connectivity index (χ1n) is 6.29. The van der Waals surface area contributed by atoms with Gasteiger partial charge < -0.3 is 10.2 Å². The van der Waals surface area contributed by atoms with Crippen molar-refractivity contribution >= 4 is 5.95 Å². The van der Waals surface area contributed by atoms with Gasteiger partial charge in [0, 0.05) is 51.5 Å². The Bertz CT molecular complexity index is 456. The van der Waals surface area contributed by atoms with E-state index in [1.807, 2.05) is 0 Å². The Balaban J connectivity index is 1.63. The van der Waals surface area contributed by atoms with Gasteiger partial charge in [-0.15, -0.1) is 0 Å². The van der Waals surface area contributed by atoms with Crippen LogP contribution < -0.4 is 10.2 Å². The molecule has 0 saturated carbocycles. The number of nitrogens with one attached hydrogen (secondary N) is 1. The molecule has 0 atom stereocenters. The molecule has 2 aliphatic rings. The predicted molar refractivity (Wildman–Crippen MR) is 67.2 cm³/mol. The van der Waals surface area contributed by atoms with Crippen LogP contribution in [0.1, 0.15) is 5.69 Å². The molecule has 3 rings (SSSR count). The summed E-state index contributed by atoms with van der Waals surface area (Å²) in [7, 11) is 0. The summed E-state index contributed by atoms with van der Waals surface area (Å²) < 4.78 is 0. The van der Waals surface area contributed by atoms with Crippen molar-refractivity contribution < 1.29 is 0 Å². The van der Waals surface area contributed by atoms with Crippen molar-refractivity contribution in [3.63, 3.8) is 0 Å². The number of anilines is 1. The van der Waals surface area contributed by atoms with Gasteiger partial charge in [-0.1, -0.05) is 0 Å². The molecule has 3 heterocycles. The molecular weight excluding hydrogens is 228 g/mol. The summed E-state index contributed by atoms with van der Waals surface area (Å²) in [5.41, 5.74) is 0.436. The smallest absolute Gasteiger partial charge is 0.226 e. The van der Waals surface area contributed by atoms with Crippen LogP contribution in [0.25, 0.3) is 0 Å².